The SMILES string of the molecule is Cc1ccc(OCc2nc(-c3ccc(C(=O)N4CCCC4)cc3)oc2C)cc1. The standard InChI is InChI=1S/C23H24N2O3/c1-16-5-11-20(12-6-16)27-15-21-17(2)28-22(24-21)18-7-9-19(10-8-18)23(26)25-13-3-4-14-25/h5-12H,3-4,13-15H2,1-2H3. The molecular formula is C23H24N2O3. The molecule has 3 aromatic rings. The Morgan fingerprint density at radius 2 is 1.71 bits per heavy atom. The van der Waals surface area contributed by atoms with Gasteiger partial charge in [0.15, 0.2) is 0 Å². The second-order valence-corrected chi connectivity index (χ2v) is 7.20. The minimum Gasteiger partial charge on any atom is -0.487 e. The molecule has 1 aromatic heterocycles. The van der Waals surface area contributed by atoms with Gasteiger partial charge >= 0.3 is 0 Å². The molecule has 1 fully saturated rings. The molecule has 144 valence electrons. The lowest BCUT2D eigenvalue weighted by molar-refractivity contribution is 0.0793. The van der Waals surface area contributed by atoms with E-state index in [0.717, 1.165) is 48.7 Å². The Labute approximate surface area is 165 Å². The summed E-state index contributed by atoms with van der Waals surface area (Å²) in [6.07, 6.45) is 2.18. The first-order valence-corrected chi connectivity index (χ1v) is 9.65. The molecule has 4 rings (SSSR count). The number of oxazole rings is 1. The lowest BCUT2D eigenvalue weighted by atomic mass is 10.1. The van der Waals surface area contributed by atoms with E-state index in [2.05, 4.69) is 4.98 Å². The van der Waals surface area contributed by atoms with Crippen LogP contribution in [0.4, 0.5) is 0 Å². The van der Waals surface area contributed by atoms with Crippen LogP contribution in [-0.2, 0) is 6.61 Å². The van der Waals surface area contributed by atoms with Crippen molar-refractivity contribution in [3.05, 3.63) is 71.1 Å². The summed E-state index contributed by atoms with van der Waals surface area (Å²) in [5, 5.41) is 0. The molecule has 0 aliphatic carbocycles. The number of carbonyl (C=O) groups is 1. The van der Waals surface area contributed by atoms with Crippen LogP contribution < -0.4 is 4.74 Å². The van der Waals surface area contributed by atoms with E-state index in [-0.39, 0.29) is 5.91 Å². The second kappa shape index (κ2) is 7.89. The van der Waals surface area contributed by atoms with Gasteiger partial charge in [0.05, 0.1) is 0 Å². The second-order valence-electron chi connectivity index (χ2n) is 7.20. The minimum atomic E-state index is 0.0971. The molecule has 5 nitrogen and oxygen atoms in total. The van der Waals surface area contributed by atoms with Crippen molar-refractivity contribution < 1.29 is 13.9 Å². The molecule has 0 radical (unpaired) electrons. The van der Waals surface area contributed by atoms with Crippen molar-refractivity contribution in [3.63, 3.8) is 0 Å². The van der Waals surface area contributed by atoms with E-state index < -0.39 is 0 Å². The number of hydrogen-bond acceptors (Lipinski definition) is 4. The highest BCUT2D eigenvalue weighted by molar-refractivity contribution is 5.94. The van der Waals surface area contributed by atoms with Crippen LogP contribution in [0.3, 0.4) is 0 Å². The third kappa shape index (κ3) is 3.93. The maximum absolute atomic E-state index is 12.5. The summed E-state index contributed by atoms with van der Waals surface area (Å²) in [6, 6.07) is 15.4. The number of aromatic nitrogens is 1. The van der Waals surface area contributed by atoms with Crippen LogP contribution >= 0.6 is 0 Å². The normalized spacial score (nSPS) is 13.7. The molecule has 0 spiro atoms. The average Bonchev–Trinajstić information content (AvgIpc) is 3.37. The number of carbonyl (C=O) groups excluding carboxylic acids is 1. The molecule has 0 N–H and O–H groups in total. The lowest BCUT2D eigenvalue weighted by Gasteiger charge is -2.15. The maximum atomic E-state index is 12.5. The zero-order chi connectivity index (χ0) is 19.5. The Hall–Kier alpha value is -3.08. The largest absolute Gasteiger partial charge is 0.487 e. The van der Waals surface area contributed by atoms with Crippen molar-refractivity contribution in [3.8, 4) is 17.2 Å². The predicted octanol–water partition coefficient (Wildman–Crippen LogP) is 4.77. The first kappa shape index (κ1) is 18.3. The van der Waals surface area contributed by atoms with Gasteiger partial charge < -0.3 is 14.1 Å². The summed E-state index contributed by atoms with van der Waals surface area (Å²) in [5.41, 5.74) is 3.52. The van der Waals surface area contributed by atoms with Crippen LogP contribution in [-0.4, -0.2) is 28.9 Å². The Balaban J connectivity index is 1.45. The van der Waals surface area contributed by atoms with E-state index in [4.69, 9.17) is 9.15 Å². The number of likely N-dealkylation sites (tertiary alicyclic amines) is 1. The van der Waals surface area contributed by atoms with Gasteiger partial charge in [-0.25, -0.2) is 4.98 Å². The van der Waals surface area contributed by atoms with Gasteiger partial charge in [0.1, 0.15) is 23.8 Å². The zero-order valence-corrected chi connectivity index (χ0v) is 16.3. The molecule has 1 aliphatic rings. The number of hydrogen-bond donors (Lipinski definition) is 0. The van der Waals surface area contributed by atoms with Crippen LogP contribution in [0, 0.1) is 13.8 Å². The van der Waals surface area contributed by atoms with Crippen molar-refractivity contribution in [1.82, 2.24) is 9.88 Å². The smallest absolute Gasteiger partial charge is 0.253 e. The van der Waals surface area contributed by atoms with Crippen LogP contribution in [0.25, 0.3) is 11.5 Å². The number of amides is 1. The van der Waals surface area contributed by atoms with Gasteiger partial charge in [0.2, 0.25) is 5.89 Å². The molecule has 2 heterocycles. The summed E-state index contributed by atoms with van der Waals surface area (Å²) in [5.74, 6) is 2.18. The summed E-state index contributed by atoms with van der Waals surface area (Å²) in [7, 11) is 0. The van der Waals surface area contributed by atoms with Gasteiger partial charge in [-0.1, -0.05) is 17.7 Å². The summed E-state index contributed by atoms with van der Waals surface area (Å²) >= 11 is 0. The summed E-state index contributed by atoms with van der Waals surface area (Å²) < 4.78 is 11.6. The minimum absolute atomic E-state index is 0.0971. The molecule has 2 aromatic carbocycles. The summed E-state index contributed by atoms with van der Waals surface area (Å²) in [4.78, 5) is 18.9. The third-order valence-electron chi connectivity index (χ3n) is 5.06. The fourth-order valence-electron chi connectivity index (χ4n) is 3.33. The van der Waals surface area contributed by atoms with Gasteiger partial charge in [-0.2, -0.15) is 0 Å². The van der Waals surface area contributed by atoms with Crippen LogP contribution in [0.15, 0.2) is 52.9 Å². The Morgan fingerprint density at radius 1 is 1.04 bits per heavy atom. The number of aryl methyl sites for hydroxylation is 2. The number of nitrogens with zero attached hydrogens (tertiary/aromatic N) is 2. The Bertz CT molecular complexity index is 953. The van der Waals surface area contributed by atoms with Crippen molar-refractivity contribution in [2.75, 3.05) is 13.1 Å². The average molecular weight is 376 g/mol. The Morgan fingerprint density at radius 3 is 2.39 bits per heavy atom. The van der Waals surface area contributed by atoms with E-state index >= 15 is 0 Å². The molecule has 0 unspecified atom stereocenters. The molecule has 1 aliphatic heterocycles. The van der Waals surface area contributed by atoms with E-state index in [1.807, 2.05) is 67.3 Å². The number of benzene rings is 2. The molecule has 28 heavy (non-hydrogen) atoms. The molecule has 0 saturated carbocycles. The van der Waals surface area contributed by atoms with Crippen molar-refractivity contribution in [2.45, 2.75) is 33.3 Å². The number of rotatable bonds is 5. The zero-order valence-electron chi connectivity index (χ0n) is 16.3. The van der Waals surface area contributed by atoms with Gasteiger partial charge in [0, 0.05) is 24.2 Å². The van der Waals surface area contributed by atoms with Gasteiger partial charge in [-0.05, 0) is 63.1 Å². The third-order valence-corrected chi connectivity index (χ3v) is 5.06. The van der Waals surface area contributed by atoms with E-state index in [1.165, 1.54) is 5.56 Å². The predicted molar refractivity (Wildman–Crippen MR) is 107 cm³/mol. The lowest BCUT2D eigenvalue weighted by Crippen LogP contribution is -2.27. The van der Waals surface area contributed by atoms with Gasteiger partial charge in [0.25, 0.3) is 5.91 Å². The van der Waals surface area contributed by atoms with Crippen molar-refractivity contribution in [2.24, 2.45) is 0 Å². The Kier molecular flexibility index (Phi) is 5.15. The van der Waals surface area contributed by atoms with Gasteiger partial charge in [-0.15, -0.1) is 0 Å². The quantitative estimate of drug-likeness (QED) is 0.643. The molecule has 5 heteroatoms. The van der Waals surface area contributed by atoms with Crippen LogP contribution in [0.5, 0.6) is 5.75 Å². The molecular weight excluding hydrogens is 352 g/mol. The molecule has 1 saturated heterocycles. The maximum Gasteiger partial charge on any atom is 0.253 e. The first-order chi connectivity index (χ1) is 13.6. The molecule has 1 amide bonds. The van der Waals surface area contributed by atoms with Gasteiger partial charge in [-0.3, -0.25) is 4.79 Å². The summed E-state index contributed by atoms with van der Waals surface area (Å²) in [6.45, 7) is 5.98. The highest BCUT2D eigenvalue weighted by atomic mass is 16.5. The fourth-order valence-corrected chi connectivity index (χ4v) is 3.33. The van der Waals surface area contributed by atoms with Crippen molar-refractivity contribution in [1.29, 1.82) is 0 Å². The first-order valence-electron chi connectivity index (χ1n) is 9.65. The molecule has 0 bridgehead atoms. The van der Waals surface area contributed by atoms with Crippen molar-refractivity contribution >= 4 is 5.91 Å². The van der Waals surface area contributed by atoms with E-state index in [0.29, 0.717) is 18.1 Å². The van der Waals surface area contributed by atoms with E-state index in [9.17, 15) is 4.79 Å². The highest BCUT2D eigenvalue weighted by Crippen LogP contribution is 2.24. The number of ether oxygens (including phenoxy) is 1. The fraction of sp³-hybridized carbons (Fsp3) is 0.304. The van der Waals surface area contributed by atoms with E-state index in [1.54, 1.807) is 0 Å². The highest BCUT2D eigenvalue weighted by Gasteiger charge is 2.20. The monoisotopic (exact) mass is 376 g/mol. The molecule has 0 atom stereocenters. The van der Waals surface area contributed by atoms with Crippen LogP contribution in [0.1, 0.15) is 40.2 Å². The topological polar surface area (TPSA) is 55.6 Å². The van der Waals surface area contributed by atoms with Crippen LogP contribution in [0.2, 0.25) is 0 Å².